The number of methoxy groups -OCH3 is 1. The van der Waals surface area contributed by atoms with Crippen molar-refractivity contribution in [2.45, 2.75) is 44.7 Å². The number of Topliss-reactive ketones (excluding diaryl/α,β-unsaturated/α-hetero) is 1. The second-order valence-electron chi connectivity index (χ2n) is 8.56. The molecule has 0 radical (unpaired) electrons. The van der Waals surface area contributed by atoms with E-state index in [1.165, 1.54) is 16.9 Å². The van der Waals surface area contributed by atoms with E-state index in [2.05, 4.69) is 0 Å². The number of carbonyl (C=O) groups excluding carboxylic acids is 2. The zero-order valence-corrected chi connectivity index (χ0v) is 18.9. The lowest BCUT2D eigenvalue weighted by Gasteiger charge is -2.49. The topological polar surface area (TPSA) is 92.1 Å². The van der Waals surface area contributed by atoms with Crippen LogP contribution in [0.15, 0.2) is 29.2 Å². The van der Waals surface area contributed by atoms with Crippen molar-refractivity contribution in [1.29, 1.82) is 0 Å². The smallest absolute Gasteiger partial charge is 0.278 e. The fraction of sp³-hybridized carbons (Fsp3) is 0.458. The van der Waals surface area contributed by atoms with Gasteiger partial charge in [0, 0.05) is 45.5 Å². The first kappa shape index (κ1) is 23.9. The molecule has 0 unspecified atom stereocenters. The highest BCUT2D eigenvalue weighted by Crippen LogP contribution is 2.30. The Bertz CT molecular complexity index is 1170. The molecule has 1 aromatic carbocycles. The number of hydrogen-bond donors (Lipinski definition) is 1. The Morgan fingerprint density at radius 3 is 2.76 bits per heavy atom. The van der Waals surface area contributed by atoms with Gasteiger partial charge in [0.15, 0.2) is 17.2 Å². The minimum absolute atomic E-state index is 0.0363. The first-order valence-corrected chi connectivity index (χ1v) is 11.4. The number of piperidine rings is 1. The molecule has 1 N–H and O–H groups in total. The summed E-state index contributed by atoms with van der Waals surface area (Å²) in [6.45, 7) is 1.46. The Morgan fingerprint density at radius 1 is 1.24 bits per heavy atom. The maximum atomic E-state index is 13.9. The van der Waals surface area contributed by atoms with Gasteiger partial charge in [0.1, 0.15) is 17.8 Å². The van der Waals surface area contributed by atoms with Gasteiger partial charge in [-0.3, -0.25) is 24.1 Å². The summed E-state index contributed by atoms with van der Waals surface area (Å²) in [5.74, 6) is -3.33. The predicted octanol–water partition coefficient (Wildman–Crippen LogP) is 2.59. The van der Waals surface area contributed by atoms with Crippen molar-refractivity contribution in [3.05, 3.63) is 63.1 Å². The van der Waals surface area contributed by atoms with Gasteiger partial charge in [0.25, 0.3) is 5.91 Å². The van der Waals surface area contributed by atoms with Crippen LogP contribution >= 0.6 is 0 Å². The van der Waals surface area contributed by atoms with E-state index >= 15 is 0 Å². The van der Waals surface area contributed by atoms with Crippen molar-refractivity contribution in [3.63, 3.8) is 0 Å². The largest absolute Gasteiger partial charge is 0.502 e. The maximum Gasteiger partial charge on any atom is 0.278 e. The Hall–Kier alpha value is -3.27. The molecule has 0 spiro atoms. The first-order valence-electron chi connectivity index (χ1n) is 11.4. The zero-order valence-electron chi connectivity index (χ0n) is 18.9. The summed E-state index contributed by atoms with van der Waals surface area (Å²) in [7, 11) is 1.58. The summed E-state index contributed by atoms with van der Waals surface area (Å²) in [5.41, 5.74) is -1.22. The lowest BCUT2D eigenvalue weighted by atomic mass is 10.0. The minimum Gasteiger partial charge on any atom is -0.502 e. The molecule has 2 aromatic rings. The SMILES string of the molecule is COCCCN1C(=O)c2c(O)c(=O)c(C(=O)CCc3ccc(F)cc3F)cn2N2CCCC[C@@H]12. The molecule has 10 heteroatoms. The van der Waals surface area contributed by atoms with E-state index in [1.807, 2.05) is 5.01 Å². The number of aromatic nitrogens is 1. The summed E-state index contributed by atoms with van der Waals surface area (Å²) in [6.07, 6.45) is 3.91. The quantitative estimate of drug-likeness (QED) is 0.466. The van der Waals surface area contributed by atoms with Crippen LogP contribution in [-0.4, -0.2) is 59.3 Å². The maximum absolute atomic E-state index is 13.9. The fourth-order valence-corrected chi connectivity index (χ4v) is 4.66. The number of pyridine rings is 1. The monoisotopic (exact) mass is 475 g/mol. The van der Waals surface area contributed by atoms with Crippen LogP contribution < -0.4 is 10.4 Å². The van der Waals surface area contributed by atoms with Crippen LogP contribution in [0.1, 0.15) is 58.5 Å². The van der Waals surface area contributed by atoms with E-state index in [0.29, 0.717) is 26.1 Å². The molecule has 2 aliphatic rings. The number of aryl methyl sites for hydroxylation is 1. The molecule has 1 fully saturated rings. The van der Waals surface area contributed by atoms with Gasteiger partial charge in [-0.05, 0) is 43.7 Å². The molecule has 0 saturated carbocycles. The number of ketones is 1. The van der Waals surface area contributed by atoms with E-state index in [0.717, 1.165) is 31.4 Å². The van der Waals surface area contributed by atoms with Gasteiger partial charge >= 0.3 is 0 Å². The van der Waals surface area contributed by atoms with Gasteiger partial charge in [0.05, 0.1) is 5.56 Å². The molecule has 8 nitrogen and oxygen atoms in total. The number of benzene rings is 1. The van der Waals surface area contributed by atoms with Crippen LogP contribution in [0, 0.1) is 11.6 Å². The van der Waals surface area contributed by atoms with E-state index in [4.69, 9.17) is 4.74 Å². The van der Waals surface area contributed by atoms with Crippen LogP contribution in [0.25, 0.3) is 0 Å². The molecule has 2 aliphatic heterocycles. The fourth-order valence-electron chi connectivity index (χ4n) is 4.66. The minimum atomic E-state index is -0.934. The summed E-state index contributed by atoms with van der Waals surface area (Å²) >= 11 is 0. The molecular formula is C24H27F2N3O5. The zero-order chi connectivity index (χ0) is 24.4. The standard InChI is InChI=1S/C24H27F2N3O5/c1-34-12-4-10-27-20-5-2-3-11-28(20)29-14-17(22(31)23(32)21(29)24(27)33)19(30)9-7-15-6-8-16(25)13-18(15)26/h6,8,13-14,20,32H,2-5,7,9-12H2,1H3/t20-/m0/s1. The summed E-state index contributed by atoms with van der Waals surface area (Å²) in [6, 6.07) is 3.09. The third kappa shape index (κ3) is 4.42. The van der Waals surface area contributed by atoms with Gasteiger partial charge in [-0.1, -0.05) is 6.07 Å². The van der Waals surface area contributed by atoms with E-state index < -0.39 is 34.5 Å². The summed E-state index contributed by atoms with van der Waals surface area (Å²) in [4.78, 5) is 40.7. The van der Waals surface area contributed by atoms with Crippen molar-refractivity contribution in [1.82, 2.24) is 9.58 Å². The van der Waals surface area contributed by atoms with Gasteiger partial charge in [-0.15, -0.1) is 0 Å². The third-order valence-corrected chi connectivity index (χ3v) is 6.39. The number of rotatable bonds is 8. The molecule has 4 rings (SSSR count). The molecule has 3 heterocycles. The van der Waals surface area contributed by atoms with E-state index in [9.17, 15) is 28.3 Å². The molecule has 1 amide bonds. The number of nitrogens with zero attached hydrogens (tertiary/aromatic N) is 3. The van der Waals surface area contributed by atoms with Crippen molar-refractivity contribution in [3.8, 4) is 5.75 Å². The highest BCUT2D eigenvalue weighted by molar-refractivity contribution is 6.00. The number of halogens is 2. The number of fused-ring (bicyclic) bond motifs is 3. The number of amides is 1. The van der Waals surface area contributed by atoms with Crippen LogP contribution in [0.3, 0.4) is 0 Å². The second kappa shape index (κ2) is 9.92. The van der Waals surface area contributed by atoms with E-state index in [-0.39, 0.29) is 35.8 Å². The average Bonchev–Trinajstić information content (AvgIpc) is 2.82. The number of aromatic hydroxyl groups is 1. The predicted molar refractivity (Wildman–Crippen MR) is 120 cm³/mol. The van der Waals surface area contributed by atoms with Gasteiger partial charge in [-0.25, -0.2) is 8.78 Å². The molecule has 182 valence electrons. The van der Waals surface area contributed by atoms with Crippen LogP contribution in [0.4, 0.5) is 8.78 Å². The Morgan fingerprint density at radius 2 is 2.03 bits per heavy atom. The van der Waals surface area contributed by atoms with Crippen LogP contribution in [0.5, 0.6) is 5.75 Å². The average molecular weight is 475 g/mol. The molecule has 0 bridgehead atoms. The highest BCUT2D eigenvalue weighted by Gasteiger charge is 2.41. The number of hydrogen-bond acceptors (Lipinski definition) is 6. The van der Waals surface area contributed by atoms with Crippen molar-refractivity contribution >= 4 is 11.7 Å². The summed E-state index contributed by atoms with van der Waals surface area (Å²) in [5, 5.41) is 12.6. The lowest BCUT2D eigenvalue weighted by Crippen LogP contribution is -2.63. The van der Waals surface area contributed by atoms with Crippen molar-refractivity contribution in [2.24, 2.45) is 0 Å². The molecular weight excluding hydrogens is 448 g/mol. The summed E-state index contributed by atoms with van der Waals surface area (Å²) < 4.78 is 33.6. The molecule has 1 atom stereocenters. The number of carbonyl (C=O) groups is 2. The highest BCUT2D eigenvalue weighted by atomic mass is 19.1. The number of ether oxygens (including phenoxy) is 1. The van der Waals surface area contributed by atoms with Crippen molar-refractivity contribution < 1.29 is 28.2 Å². The molecule has 1 aromatic heterocycles. The Labute approximate surface area is 195 Å². The van der Waals surface area contributed by atoms with Crippen LogP contribution in [-0.2, 0) is 11.2 Å². The van der Waals surface area contributed by atoms with Gasteiger partial charge in [-0.2, -0.15) is 0 Å². The Balaban J connectivity index is 1.65. The third-order valence-electron chi connectivity index (χ3n) is 6.39. The van der Waals surface area contributed by atoms with Crippen molar-refractivity contribution in [2.75, 3.05) is 31.8 Å². The molecule has 0 aliphatic carbocycles. The molecule has 34 heavy (non-hydrogen) atoms. The van der Waals surface area contributed by atoms with Gasteiger partial charge in [0.2, 0.25) is 5.43 Å². The van der Waals surface area contributed by atoms with Crippen LogP contribution in [0.2, 0.25) is 0 Å². The second-order valence-corrected chi connectivity index (χ2v) is 8.56. The Kier molecular flexibility index (Phi) is 6.97. The molecule has 1 saturated heterocycles. The normalized spacial score (nSPS) is 17.5. The first-order chi connectivity index (χ1) is 16.3. The lowest BCUT2D eigenvalue weighted by molar-refractivity contribution is 0.0492. The van der Waals surface area contributed by atoms with Gasteiger partial charge < -0.3 is 14.7 Å². The van der Waals surface area contributed by atoms with E-state index in [1.54, 1.807) is 12.0 Å².